The minimum absolute atomic E-state index is 0.0763. The van der Waals surface area contributed by atoms with E-state index in [9.17, 15) is 14.0 Å². The lowest BCUT2D eigenvalue weighted by molar-refractivity contribution is -0.124. The van der Waals surface area contributed by atoms with Crippen molar-refractivity contribution < 1.29 is 18.7 Å². The minimum Gasteiger partial charge on any atom is -0.368 e. The first-order valence-electron chi connectivity index (χ1n) is 8.56. The van der Waals surface area contributed by atoms with E-state index in [1.807, 2.05) is 0 Å². The van der Waals surface area contributed by atoms with E-state index in [2.05, 4.69) is 10.3 Å². The van der Waals surface area contributed by atoms with Crippen LogP contribution in [0.25, 0.3) is 0 Å². The van der Waals surface area contributed by atoms with Gasteiger partial charge in [0.1, 0.15) is 11.9 Å². The number of halogens is 1. The zero-order valence-electron chi connectivity index (χ0n) is 14.0. The van der Waals surface area contributed by atoms with Crippen molar-refractivity contribution in [3.63, 3.8) is 0 Å². The Balaban J connectivity index is 1.45. The molecule has 0 radical (unpaired) electrons. The Morgan fingerprint density at radius 2 is 2.19 bits per heavy atom. The number of nitrogens with zero attached hydrogens (tertiary/aromatic N) is 2. The second kappa shape index (κ2) is 7.13. The number of aromatic nitrogens is 1. The molecular formula is C18H18FN3O3S. The summed E-state index contributed by atoms with van der Waals surface area (Å²) in [7, 11) is 0. The molecule has 3 heterocycles. The number of hydrogen-bond acceptors (Lipinski definition) is 5. The van der Waals surface area contributed by atoms with E-state index in [4.69, 9.17) is 4.74 Å². The van der Waals surface area contributed by atoms with E-state index < -0.39 is 11.9 Å². The molecule has 1 aromatic heterocycles. The molecule has 2 amide bonds. The van der Waals surface area contributed by atoms with Crippen molar-refractivity contribution in [2.24, 2.45) is 0 Å². The number of thiazole rings is 1. The van der Waals surface area contributed by atoms with Crippen LogP contribution in [0.5, 0.6) is 0 Å². The highest BCUT2D eigenvalue weighted by atomic mass is 32.1. The first-order valence-corrected chi connectivity index (χ1v) is 9.38. The van der Waals surface area contributed by atoms with Gasteiger partial charge in [-0.15, -0.1) is 0 Å². The van der Waals surface area contributed by atoms with E-state index in [1.54, 1.807) is 17.0 Å². The first kappa shape index (κ1) is 17.1. The molecule has 2 aromatic rings. The maximum Gasteiger partial charge on any atom is 0.257 e. The molecule has 6 nitrogen and oxygen atoms in total. The van der Waals surface area contributed by atoms with Crippen LogP contribution in [0.1, 0.15) is 33.8 Å². The van der Waals surface area contributed by atoms with Crippen molar-refractivity contribution in [3.8, 4) is 0 Å². The summed E-state index contributed by atoms with van der Waals surface area (Å²) < 4.78 is 19.2. The number of carbonyl (C=O) groups is 2. The molecule has 1 fully saturated rings. The van der Waals surface area contributed by atoms with Gasteiger partial charge in [-0.25, -0.2) is 9.37 Å². The molecule has 136 valence electrons. The molecule has 1 atom stereocenters. The fourth-order valence-corrected chi connectivity index (χ4v) is 4.22. The summed E-state index contributed by atoms with van der Waals surface area (Å²) in [4.78, 5) is 31.7. The van der Waals surface area contributed by atoms with Gasteiger partial charge in [0, 0.05) is 24.4 Å². The van der Waals surface area contributed by atoms with Crippen LogP contribution in [-0.4, -0.2) is 41.0 Å². The second-order valence-electron chi connectivity index (χ2n) is 6.34. The van der Waals surface area contributed by atoms with Crippen molar-refractivity contribution in [2.45, 2.75) is 31.9 Å². The van der Waals surface area contributed by atoms with Gasteiger partial charge in [0.25, 0.3) is 11.8 Å². The highest BCUT2D eigenvalue weighted by molar-refractivity contribution is 7.15. The number of carbonyl (C=O) groups excluding carboxylic acids is 2. The van der Waals surface area contributed by atoms with Crippen LogP contribution in [0.3, 0.4) is 0 Å². The van der Waals surface area contributed by atoms with Gasteiger partial charge in [0.05, 0.1) is 17.8 Å². The number of anilines is 1. The van der Waals surface area contributed by atoms with Crippen LogP contribution in [0.15, 0.2) is 24.3 Å². The van der Waals surface area contributed by atoms with Crippen LogP contribution in [0.4, 0.5) is 9.52 Å². The Labute approximate surface area is 154 Å². The van der Waals surface area contributed by atoms with E-state index in [0.29, 0.717) is 31.2 Å². The number of benzene rings is 1. The predicted octanol–water partition coefficient (Wildman–Crippen LogP) is 2.60. The third-order valence-electron chi connectivity index (χ3n) is 4.57. The maximum atomic E-state index is 13.9. The highest BCUT2D eigenvalue weighted by Gasteiger charge is 2.28. The Hall–Kier alpha value is -2.32. The summed E-state index contributed by atoms with van der Waals surface area (Å²) in [6.07, 6.45) is 1.79. The SMILES string of the molecule is O=C(Nc1nc2c(s1)CN(C(=O)c1ccccc1F)CC2)C1CCCO1. The number of fused-ring (bicyclic) bond motifs is 1. The summed E-state index contributed by atoms with van der Waals surface area (Å²) in [6, 6.07) is 5.99. The molecule has 4 rings (SSSR count). The van der Waals surface area contributed by atoms with E-state index in [0.717, 1.165) is 23.4 Å². The molecule has 0 aliphatic carbocycles. The monoisotopic (exact) mass is 375 g/mol. The molecule has 8 heteroatoms. The van der Waals surface area contributed by atoms with Crippen LogP contribution in [0, 0.1) is 5.82 Å². The molecular weight excluding hydrogens is 357 g/mol. The van der Waals surface area contributed by atoms with Gasteiger partial charge in [0.2, 0.25) is 0 Å². The molecule has 1 N–H and O–H groups in total. The van der Waals surface area contributed by atoms with Crippen molar-refractivity contribution in [1.29, 1.82) is 0 Å². The van der Waals surface area contributed by atoms with Gasteiger partial charge >= 0.3 is 0 Å². The topological polar surface area (TPSA) is 71.5 Å². The summed E-state index contributed by atoms with van der Waals surface area (Å²) in [5, 5.41) is 3.33. The quantitative estimate of drug-likeness (QED) is 0.895. The molecule has 2 aliphatic heterocycles. The van der Waals surface area contributed by atoms with Crippen molar-refractivity contribution in [3.05, 3.63) is 46.2 Å². The van der Waals surface area contributed by atoms with E-state index in [1.165, 1.54) is 23.5 Å². The Morgan fingerprint density at radius 3 is 2.96 bits per heavy atom. The van der Waals surface area contributed by atoms with E-state index in [-0.39, 0.29) is 17.4 Å². The highest BCUT2D eigenvalue weighted by Crippen LogP contribution is 2.29. The van der Waals surface area contributed by atoms with Crippen molar-refractivity contribution in [2.75, 3.05) is 18.5 Å². The predicted molar refractivity (Wildman–Crippen MR) is 94.6 cm³/mol. The molecule has 1 saturated heterocycles. The number of ether oxygens (including phenoxy) is 1. The standard InChI is InChI=1S/C18H18FN3O3S/c19-12-5-2-1-4-11(12)17(24)22-8-7-13-15(10-22)26-18(20-13)21-16(23)14-6-3-9-25-14/h1-2,4-5,14H,3,6-10H2,(H,20,21,23). The molecule has 1 aromatic carbocycles. The lowest BCUT2D eigenvalue weighted by Gasteiger charge is -2.26. The van der Waals surface area contributed by atoms with Crippen LogP contribution < -0.4 is 5.32 Å². The lowest BCUT2D eigenvalue weighted by atomic mass is 10.1. The van der Waals surface area contributed by atoms with Crippen LogP contribution >= 0.6 is 11.3 Å². The third-order valence-corrected chi connectivity index (χ3v) is 5.57. The Bertz CT molecular complexity index is 848. The lowest BCUT2D eigenvalue weighted by Crippen LogP contribution is -2.35. The van der Waals surface area contributed by atoms with Crippen molar-refractivity contribution in [1.82, 2.24) is 9.88 Å². The van der Waals surface area contributed by atoms with Crippen LogP contribution in [0.2, 0.25) is 0 Å². The number of nitrogens with one attached hydrogen (secondary N) is 1. The Kier molecular flexibility index (Phi) is 4.69. The molecule has 0 spiro atoms. The van der Waals surface area contributed by atoms with Gasteiger partial charge in [0.15, 0.2) is 5.13 Å². The third kappa shape index (κ3) is 3.34. The first-order chi connectivity index (χ1) is 12.6. The normalized spacial score (nSPS) is 19.3. The van der Waals surface area contributed by atoms with Gasteiger partial charge < -0.3 is 9.64 Å². The summed E-state index contributed by atoms with van der Waals surface area (Å²) >= 11 is 1.36. The van der Waals surface area contributed by atoms with Gasteiger partial charge in [-0.3, -0.25) is 14.9 Å². The summed E-state index contributed by atoms with van der Waals surface area (Å²) in [6.45, 7) is 1.46. The number of amides is 2. The van der Waals surface area contributed by atoms with Crippen LogP contribution in [-0.2, 0) is 22.5 Å². The summed E-state index contributed by atoms with van der Waals surface area (Å²) in [5.74, 6) is -1.02. The molecule has 26 heavy (non-hydrogen) atoms. The number of rotatable bonds is 3. The van der Waals surface area contributed by atoms with E-state index >= 15 is 0 Å². The zero-order chi connectivity index (χ0) is 18.1. The number of hydrogen-bond donors (Lipinski definition) is 1. The fourth-order valence-electron chi connectivity index (χ4n) is 3.20. The molecule has 0 bridgehead atoms. The minimum atomic E-state index is -0.517. The average Bonchev–Trinajstić information content (AvgIpc) is 3.30. The average molecular weight is 375 g/mol. The van der Waals surface area contributed by atoms with Crippen molar-refractivity contribution >= 4 is 28.3 Å². The van der Waals surface area contributed by atoms with Gasteiger partial charge in [-0.05, 0) is 25.0 Å². The molecule has 0 saturated carbocycles. The summed E-state index contributed by atoms with van der Waals surface area (Å²) in [5.41, 5.74) is 0.961. The Morgan fingerprint density at radius 1 is 1.35 bits per heavy atom. The molecule has 1 unspecified atom stereocenters. The zero-order valence-corrected chi connectivity index (χ0v) is 14.9. The molecule has 2 aliphatic rings. The largest absolute Gasteiger partial charge is 0.368 e. The maximum absolute atomic E-state index is 13.9. The van der Waals surface area contributed by atoms with Gasteiger partial charge in [-0.1, -0.05) is 23.5 Å². The fraction of sp³-hybridized carbons (Fsp3) is 0.389. The smallest absolute Gasteiger partial charge is 0.257 e. The van der Waals surface area contributed by atoms with Gasteiger partial charge in [-0.2, -0.15) is 0 Å². The second-order valence-corrected chi connectivity index (χ2v) is 7.42.